The van der Waals surface area contributed by atoms with Crippen molar-refractivity contribution >= 4 is 64.9 Å². The van der Waals surface area contributed by atoms with E-state index in [1.807, 2.05) is 66.7 Å². The Morgan fingerprint density at radius 2 is 0.964 bits per heavy atom. The fourth-order valence-corrected chi connectivity index (χ4v) is 8.26. The van der Waals surface area contributed by atoms with Crippen molar-refractivity contribution in [3.63, 3.8) is 0 Å². The topological polar surface area (TPSA) is 25.8 Å². The molecule has 0 amide bonds. The molecule has 270 valence electrons. The summed E-state index contributed by atoms with van der Waals surface area (Å²) in [6, 6.07) is 46.1. The summed E-state index contributed by atoms with van der Waals surface area (Å²) in [6.07, 6.45) is -8.63. The van der Waals surface area contributed by atoms with Gasteiger partial charge in [0.1, 0.15) is 0 Å². The van der Waals surface area contributed by atoms with Gasteiger partial charge in [-0.15, -0.1) is 0 Å². The third-order valence-corrected chi connectivity index (χ3v) is 10.7. The molecule has 2 heterocycles. The molecular weight excluding hydrogens is 719 g/mol. The van der Waals surface area contributed by atoms with E-state index < -0.39 is 23.5 Å². The zero-order chi connectivity index (χ0) is 38.3. The molecule has 0 saturated heterocycles. The van der Waals surface area contributed by atoms with E-state index in [0.717, 1.165) is 95.8 Å². The van der Waals surface area contributed by atoms with Gasteiger partial charge in [0.2, 0.25) is 0 Å². The third-order valence-electron chi connectivity index (χ3n) is 10.7. The maximum absolute atomic E-state index is 14.9. The number of benzene rings is 8. The van der Waals surface area contributed by atoms with E-state index in [4.69, 9.17) is 0 Å². The molecule has 0 unspecified atom stereocenters. The summed E-state index contributed by atoms with van der Waals surface area (Å²) in [6.45, 7) is 0. The first-order chi connectivity index (χ1) is 27.0. The van der Waals surface area contributed by atoms with Crippen molar-refractivity contribution in [3.05, 3.63) is 169 Å². The molecule has 0 N–H and O–H groups in total. The minimum atomic E-state index is -4.84. The van der Waals surface area contributed by atoms with Crippen molar-refractivity contribution < 1.29 is 26.3 Å². The molecule has 0 fully saturated rings. The van der Waals surface area contributed by atoms with Gasteiger partial charge in [0.05, 0.1) is 27.9 Å². The lowest BCUT2D eigenvalue weighted by Crippen LogP contribution is -2.09. The van der Waals surface area contributed by atoms with E-state index in [0.29, 0.717) is 5.56 Å². The Morgan fingerprint density at radius 3 is 1.71 bits per heavy atom. The summed E-state index contributed by atoms with van der Waals surface area (Å²) in [5, 5.41) is 7.17. The molecule has 0 aliphatic rings. The van der Waals surface area contributed by atoms with Gasteiger partial charge >= 0.3 is 12.4 Å². The number of alkyl halides is 6. The standard InChI is InChI=1S/C48H26F6N2/c49-47(50,51)40-22-23-55-45-37(40)20-21-38-41(48(52,53)54)26-42(56-46(38)45)30-18-19-36-39(25-30)43(31-17-16-27-8-1-2-10-29(27)24-31)34-13-5-6-14-35(34)44(36)33-15-7-11-28-9-3-4-12-32(28)33/h1-26H. The molecule has 0 aliphatic carbocycles. The largest absolute Gasteiger partial charge is 0.417 e. The molecule has 8 heteroatoms. The van der Waals surface area contributed by atoms with Gasteiger partial charge in [0.25, 0.3) is 0 Å². The molecule has 0 bridgehead atoms. The first-order valence-corrected chi connectivity index (χ1v) is 17.9. The van der Waals surface area contributed by atoms with E-state index in [-0.39, 0.29) is 27.5 Å². The summed E-state index contributed by atoms with van der Waals surface area (Å²) in [5.41, 5.74) is 1.60. The van der Waals surface area contributed by atoms with Crippen LogP contribution in [0.3, 0.4) is 0 Å². The molecule has 2 aromatic heterocycles. The summed E-state index contributed by atoms with van der Waals surface area (Å²) < 4.78 is 86.8. The highest BCUT2D eigenvalue weighted by atomic mass is 19.4. The summed E-state index contributed by atoms with van der Waals surface area (Å²) in [4.78, 5) is 8.82. The molecular formula is C48H26F6N2. The van der Waals surface area contributed by atoms with Crippen LogP contribution in [0.25, 0.3) is 98.4 Å². The second-order valence-corrected chi connectivity index (χ2v) is 13.9. The van der Waals surface area contributed by atoms with Crippen LogP contribution >= 0.6 is 0 Å². The number of halogens is 6. The number of hydrogen-bond donors (Lipinski definition) is 0. The van der Waals surface area contributed by atoms with E-state index in [1.54, 1.807) is 6.07 Å². The second-order valence-electron chi connectivity index (χ2n) is 13.9. The van der Waals surface area contributed by atoms with Gasteiger partial charge in [-0.05, 0) is 89.6 Å². The Hall–Kier alpha value is -6.80. The minimum absolute atomic E-state index is 0.0391. The number of fused-ring (bicyclic) bond motifs is 7. The van der Waals surface area contributed by atoms with E-state index in [1.165, 1.54) is 0 Å². The highest BCUT2D eigenvalue weighted by Crippen LogP contribution is 2.47. The number of nitrogens with zero attached hydrogens (tertiary/aromatic N) is 2. The molecule has 2 nitrogen and oxygen atoms in total. The quantitative estimate of drug-likeness (QED) is 0.102. The fraction of sp³-hybridized carbons (Fsp3) is 0.0417. The zero-order valence-electron chi connectivity index (χ0n) is 29.2. The van der Waals surface area contributed by atoms with Crippen molar-refractivity contribution in [2.75, 3.05) is 0 Å². The van der Waals surface area contributed by atoms with Crippen LogP contribution in [0.4, 0.5) is 26.3 Å². The van der Waals surface area contributed by atoms with Crippen molar-refractivity contribution in [2.24, 2.45) is 0 Å². The average Bonchev–Trinajstić information content (AvgIpc) is 3.20. The minimum Gasteiger partial charge on any atom is -0.254 e. The van der Waals surface area contributed by atoms with Gasteiger partial charge in [-0.25, -0.2) is 4.98 Å². The molecule has 10 aromatic rings. The van der Waals surface area contributed by atoms with Gasteiger partial charge in [0.15, 0.2) is 0 Å². The van der Waals surface area contributed by atoms with Crippen LogP contribution in [0.2, 0.25) is 0 Å². The Balaban J connectivity index is 1.33. The van der Waals surface area contributed by atoms with Crippen molar-refractivity contribution in [2.45, 2.75) is 12.4 Å². The van der Waals surface area contributed by atoms with Gasteiger partial charge in [-0.2, -0.15) is 26.3 Å². The van der Waals surface area contributed by atoms with Gasteiger partial charge in [-0.3, -0.25) is 4.98 Å². The molecule has 0 saturated carbocycles. The predicted molar refractivity (Wildman–Crippen MR) is 213 cm³/mol. The zero-order valence-corrected chi connectivity index (χ0v) is 29.2. The monoisotopic (exact) mass is 744 g/mol. The van der Waals surface area contributed by atoms with E-state index in [2.05, 4.69) is 64.6 Å². The van der Waals surface area contributed by atoms with E-state index in [9.17, 15) is 26.3 Å². The Bertz CT molecular complexity index is 3230. The first-order valence-electron chi connectivity index (χ1n) is 17.9. The maximum atomic E-state index is 14.9. The van der Waals surface area contributed by atoms with Crippen molar-refractivity contribution in [1.82, 2.24) is 9.97 Å². The SMILES string of the molecule is FC(F)(F)c1ccnc2c1ccc1c(C(F)(F)F)cc(-c3ccc4c(-c5cccc6ccccc56)c5ccccc5c(-c5ccc6ccccc6c5)c4c3)nc12. The van der Waals surface area contributed by atoms with Crippen LogP contribution in [0.5, 0.6) is 0 Å². The van der Waals surface area contributed by atoms with E-state index >= 15 is 0 Å². The molecule has 0 aliphatic heterocycles. The third kappa shape index (κ3) is 5.35. The first kappa shape index (κ1) is 33.7. The van der Waals surface area contributed by atoms with Gasteiger partial charge in [0, 0.05) is 22.5 Å². The van der Waals surface area contributed by atoms with Crippen LogP contribution in [0.15, 0.2) is 158 Å². The summed E-state index contributed by atoms with van der Waals surface area (Å²) >= 11 is 0. The number of pyridine rings is 2. The van der Waals surface area contributed by atoms with Crippen LogP contribution in [0.1, 0.15) is 11.1 Å². The molecule has 0 atom stereocenters. The number of rotatable bonds is 3. The fourth-order valence-electron chi connectivity index (χ4n) is 8.26. The van der Waals surface area contributed by atoms with Crippen LogP contribution in [-0.4, -0.2) is 9.97 Å². The van der Waals surface area contributed by atoms with Crippen LogP contribution < -0.4 is 0 Å². The Labute approximate surface area is 315 Å². The molecule has 0 radical (unpaired) electrons. The maximum Gasteiger partial charge on any atom is 0.417 e. The lowest BCUT2D eigenvalue weighted by atomic mass is 9.83. The predicted octanol–water partition coefficient (Wildman–Crippen LogP) is 14.4. The average molecular weight is 745 g/mol. The summed E-state index contributed by atoms with van der Waals surface area (Å²) in [7, 11) is 0. The Morgan fingerprint density at radius 1 is 0.375 bits per heavy atom. The summed E-state index contributed by atoms with van der Waals surface area (Å²) in [5.74, 6) is 0. The van der Waals surface area contributed by atoms with Crippen molar-refractivity contribution in [1.29, 1.82) is 0 Å². The second kappa shape index (κ2) is 12.4. The highest BCUT2D eigenvalue weighted by Gasteiger charge is 2.36. The molecule has 10 rings (SSSR count). The smallest absolute Gasteiger partial charge is 0.254 e. The molecule has 56 heavy (non-hydrogen) atoms. The van der Waals surface area contributed by atoms with Gasteiger partial charge < -0.3 is 0 Å². The van der Waals surface area contributed by atoms with Crippen molar-refractivity contribution in [3.8, 4) is 33.5 Å². The molecule has 8 aromatic carbocycles. The van der Waals surface area contributed by atoms with Crippen LogP contribution in [0, 0.1) is 0 Å². The highest BCUT2D eigenvalue weighted by molar-refractivity contribution is 6.24. The number of aromatic nitrogens is 2. The normalized spacial score (nSPS) is 12.5. The Kier molecular flexibility index (Phi) is 7.45. The van der Waals surface area contributed by atoms with Crippen LogP contribution in [-0.2, 0) is 12.4 Å². The number of hydrogen-bond acceptors (Lipinski definition) is 2. The van der Waals surface area contributed by atoms with Gasteiger partial charge in [-0.1, -0.05) is 127 Å². The lowest BCUT2D eigenvalue weighted by Gasteiger charge is -2.20. The lowest BCUT2D eigenvalue weighted by molar-refractivity contribution is -0.137. The molecule has 0 spiro atoms.